The Balaban J connectivity index is 1.89. The standard InChI is InChI=1S/C6H13NO/c1-2-3-4-5-6(7)8-5/h5-6H,2-4,7H2,1H3. The topological polar surface area (TPSA) is 38.5 Å². The molecule has 2 nitrogen and oxygen atoms in total. The minimum absolute atomic E-state index is 0.0709. The van der Waals surface area contributed by atoms with Gasteiger partial charge in [0.15, 0.2) is 0 Å². The fourth-order valence-electron chi connectivity index (χ4n) is 0.794. The highest BCUT2D eigenvalue weighted by Gasteiger charge is 2.33. The highest BCUT2D eigenvalue weighted by molar-refractivity contribution is 4.77. The zero-order valence-electron chi connectivity index (χ0n) is 5.26. The lowest BCUT2D eigenvalue weighted by atomic mass is 10.2. The van der Waals surface area contributed by atoms with Gasteiger partial charge in [-0.3, -0.25) is 0 Å². The molecule has 0 bridgehead atoms. The summed E-state index contributed by atoms with van der Waals surface area (Å²) in [5.74, 6) is 0. The van der Waals surface area contributed by atoms with Crippen LogP contribution in [0.2, 0.25) is 0 Å². The maximum absolute atomic E-state index is 5.39. The molecule has 2 unspecified atom stereocenters. The third-order valence-corrected chi connectivity index (χ3v) is 1.46. The Labute approximate surface area is 50.0 Å². The van der Waals surface area contributed by atoms with Crippen LogP contribution >= 0.6 is 0 Å². The van der Waals surface area contributed by atoms with Crippen molar-refractivity contribution in [1.29, 1.82) is 0 Å². The molecule has 48 valence electrons. The first-order chi connectivity index (χ1) is 3.84. The summed E-state index contributed by atoms with van der Waals surface area (Å²) in [7, 11) is 0. The summed E-state index contributed by atoms with van der Waals surface area (Å²) in [6.45, 7) is 2.17. The maximum atomic E-state index is 5.39. The average Bonchev–Trinajstić information content (AvgIpc) is 2.42. The van der Waals surface area contributed by atoms with Gasteiger partial charge in [-0.2, -0.15) is 0 Å². The molecule has 2 atom stereocenters. The number of rotatable bonds is 3. The molecule has 1 aliphatic heterocycles. The minimum Gasteiger partial charge on any atom is -0.353 e. The van der Waals surface area contributed by atoms with E-state index in [4.69, 9.17) is 10.5 Å². The van der Waals surface area contributed by atoms with Crippen LogP contribution in [0.4, 0.5) is 0 Å². The van der Waals surface area contributed by atoms with Crippen LogP contribution in [0.25, 0.3) is 0 Å². The third kappa shape index (κ3) is 1.46. The number of nitrogens with two attached hydrogens (primary N) is 1. The summed E-state index contributed by atoms with van der Waals surface area (Å²) < 4.78 is 5.00. The van der Waals surface area contributed by atoms with E-state index in [0.29, 0.717) is 6.10 Å². The molecule has 0 saturated carbocycles. The lowest BCUT2D eigenvalue weighted by Gasteiger charge is -1.87. The second kappa shape index (κ2) is 2.46. The lowest BCUT2D eigenvalue weighted by Crippen LogP contribution is -2.04. The van der Waals surface area contributed by atoms with Gasteiger partial charge in [0, 0.05) is 0 Å². The van der Waals surface area contributed by atoms with Gasteiger partial charge in [-0.1, -0.05) is 19.8 Å². The molecule has 0 aromatic carbocycles. The molecule has 2 N–H and O–H groups in total. The Morgan fingerprint density at radius 1 is 1.62 bits per heavy atom. The Morgan fingerprint density at radius 3 is 2.62 bits per heavy atom. The largest absolute Gasteiger partial charge is 0.353 e. The second-order valence-electron chi connectivity index (χ2n) is 2.28. The molecule has 0 radical (unpaired) electrons. The van der Waals surface area contributed by atoms with Crippen LogP contribution in [-0.2, 0) is 4.74 Å². The predicted molar refractivity (Wildman–Crippen MR) is 32.4 cm³/mol. The van der Waals surface area contributed by atoms with Crippen LogP contribution in [0.3, 0.4) is 0 Å². The first-order valence-corrected chi connectivity index (χ1v) is 3.25. The molecular weight excluding hydrogens is 102 g/mol. The van der Waals surface area contributed by atoms with E-state index in [9.17, 15) is 0 Å². The molecular formula is C6H13NO. The van der Waals surface area contributed by atoms with Gasteiger partial charge in [0.05, 0.1) is 6.10 Å². The number of hydrogen-bond donors (Lipinski definition) is 1. The van der Waals surface area contributed by atoms with E-state index in [1.807, 2.05) is 0 Å². The molecule has 0 amide bonds. The molecule has 1 heterocycles. The number of epoxide rings is 1. The number of unbranched alkanes of at least 4 members (excludes halogenated alkanes) is 1. The highest BCUT2D eigenvalue weighted by Crippen LogP contribution is 2.21. The lowest BCUT2D eigenvalue weighted by molar-refractivity contribution is 0.362. The van der Waals surface area contributed by atoms with Crippen LogP contribution in [-0.4, -0.2) is 12.3 Å². The fourth-order valence-corrected chi connectivity index (χ4v) is 0.794. The highest BCUT2D eigenvalue weighted by atomic mass is 16.6. The van der Waals surface area contributed by atoms with Crippen molar-refractivity contribution < 1.29 is 4.74 Å². The van der Waals surface area contributed by atoms with Gasteiger partial charge in [-0.15, -0.1) is 0 Å². The summed E-state index contributed by atoms with van der Waals surface area (Å²) in [6, 6.07) is 0. The van der Waals surface area contributed by atoms with Crippen LogP contribution in [0.1, 0.15) is 26.2 Å². The first-order valence-electron chi connectivity index (χ1n) is 3.25. The Bertz CT molecular complexity index is 74.9. The number of hydrogen-bond acceptors (Lipinski definition) is 2. The Kier molecular flexibility index (Phi) is 1.86. The van der Waals surface area contributed by atoms with Crippen LogP contribution in [0, 0.1) is 0 Å². The van der Waals surface area contributed by atoms with E-state index < -0.39 is 0 Å². The van der Waals surface area contributed by atoms with Crippen molar-refractivity contribution in [3.63, 3.8) is 0 Å². The van der Waals surface area contributed by atoms with E-state index in [0.717, 1.165) is 6.42 Å². The van der Waals surface area contributed by atoms with Crippen molar-refractivity contribution in [1.82, 2.24) is 0 Å². The molecule has 2 heteroatoms. The summed E-state index contributed by atoms with van der Waals surface area (Å²) >= 11 is 0. The van der Waals surface area contributed by atoms with Crippen molar-refractivity contribution in [2.45, 2.75) is 38.5 Å². The SMILES string of the molecule is CCCCC1OC1N. The quantitative estimate of drug-likeness (QED) is 0.554. The van der Waals surface area contributed by atoms with E-state index in [1.54, 1.807) is 0 Å². The van der Waals surface area contributed by atoms with E-state index in [1.165, 1.54) is 12.8 Å². The van der Waals surface area contributed by atoms with E-state index in [2.05, 4.69) is 6.92 Å². The zero-order valence-corrected chi connectivity index (χ0v) is 5.26. The molecule has 0 aromatic heterocycles. The average molecular weight is 115 g/mol. The summed E-state index contributed by atoms with van der Waals surface area (Å²) in [4.78, 5) is 0. The van der Waals surface area contributed by atoms with E-state index >= 15 is 0 Å². The van der Waals surface area contributed by atoms with Crippen LogP contribution in [0.5, 0.6) is 0 Å². The smallest absolute Gasteiger partial charge is 0.132 e. The van der Waals surface area contributed by atoms with Gasteiger partial charge >= 0.3 is 0 Å². The molecule has 1 fully saturated rings. The van der Waals surface area contributed by atoms with Gasteiger partial charge in [0.2, 0.25) is 0 Å². The van der Waals surface area contributed by atoms with Crippen molar-refractivity contribution in [2.75, 3.05) is 0 Å². The molecule has 8 heavy (non-hydrogen) atoms. The third-order valence-electron chi connectivity index (χ3n) is 1.46. The molecule has 0 aliphatic carbocycles. The summed E-state index contributed by atoms with van der Waals surface area (Å²) in [6.07, 6.45) is 4.11. The normalized spacial score (nSPS) is 35.2. The summed E-state index contributed by atoms with van der Waals surface area (Å²) in [5, 5.41) is 0. The maximum Gasteiger partial charge on any atom is 0.132 e. The first kappa shape index (κ1) is 6.05. The molecule has 0 aromatic rings. The van der Waals surface area contributed by atoms with Crippen molar-refractivity contribution >= 4 is 0 Å². The number of ether oxygens (including phenoxy) is 1. The van der Waals surface area contributed by atoms with Gasteiger partial charge < -0.3 is 10.5 Å². The van der Waals surface area contributed by atoms with Crippen LogP contribution in [0.15, 0.2) is 0 Å². The molecule has 1 rings (SSSR count). The predicted octanol–water partition coefficient (Wildman–Crippen LogP) is 0.860. The van der Waals surface area contributed by atoms with Gasteiger partial charge in [0.1, 0.15) is 6.23 Å². The van der Waals surface area contributed by atoms with Gasteiger partial charge in [-0.05, 0) is 6.42 Å². The summed E-state index contributed by atoms with van der Waals surface area (Å²) in [5.41, 5.74) is 5.39. The van der Waals surface area contributed by atoms with Gasteiger partial charge in [0.25, 0.3) is 0 Å². The molecule has 0 spiro atoms. The van der Waals surface area contributed by atoms with Gasteiger partial charge in [-0.25, -0.2) is 0 Å². The second-order valence-corrected chi connectivity index (χ2v) is 2.28. The van der Waals surface area contributed by atoms with Crippen LogP contribution < -0.4 is 5.73 Å². The minimum atomic E-state index is 0.0709. The Morgan fingerprint density at radius 2 is 2.25 bits per heavy atom. The van der Waals surface area contributed by atoms with E-state index in [-0.39, 0.29) is 6.23 Å². The van der Waals surface area contributed by atoms with Crippen molar-refractivity contribution in [2.24, 2.45) is 5.73 Å². The zero-order chi connectivity index (χ0) is 5.98. The molecule has 1 saturated heterocycles. The fraction of sp³-hybridized carbons (Fsp3) is 1.00. The molecule has 1 aliphatic rings. The van der Waals surface area contributed by atoms with Crippen molar-refractivity contribution in [3.8, 4) is 0 Å². The monoisotopic (exact) mass is 115 g/mol. The van der Waals surface area contributed by atoms with Crippen molar-refractivity contribution in [3.05, 3.63) is 0 Å². The Hall–Kier alpha value is -0.0800.